The van der Waals surface area contributed by atoms with E-state index < -0.39 is 0 Å². The fourth-order valence-electron chi connectivity index (χ4n) is 2.81. The maximum Gasteiger partial charge on any atom is 0.267 e. The van der Waals surface area contributed by atoms with Gasteiger partial charge in [-0.05, 0) is 37.0 Å². The molecule has 3 aromatic heterocycles. The minimum atomic E-state index is -0.179. The molecule has 3 aromatic rings. The molecule has 3 rings (SSSR count). The molecule has 0 aliphatic rings. The van der Waals surface area contributed by atoms with Crippen LogP contribution in [0.3, 0.4) is 0 Å². The third-order valence-electron chi connectivity index (χ3n) is 4.26. The average Bonchev–Trinajstić information content (AvgIpc) is 2.86. The summed E-state index contributed by atoms with van der Waals surface area (Å²) < 4.78 is 3.21. The Kier molecular flexibility index (Phi) is 4.13. The zero-order valence-corrected chi connectivity index (χ0v) is 14.5. The molecule has 0 unspecified atom stereocenters. The van der Waals surface area contributed by atoms with Gasteiger partial charge in [0, 0.05) is 19.8 Å². The van der Waals surface area contributed by atoms with Crippen LogP contribution in [0.5, 0.6) is 0 Å². The lowest BCUT2D eigenvalue weighted by Gasteiger charge is -2.08. The summed E-state index contributed by atoms with van der Waals surface area (Å²) in [6.07, 6.45) is 2.62. The molecule has 1 N–H and O–H groups in total. The Balaban J connectivity index is 2.09. The summed E-state index contributed by atoms with van der Waals surface area (Å²) in [6.45, 7) is 6.75. The molecule has 6 nitrogen and oxygen atoms in total. The number of nitrogens with one attached hydrogen (secondary N) is 1. The van der Waals surface area contributed by atoms with Crippen molar-refractivity contribution in [1.82, 2.24) is 19.3 Å². The largest absolute Gasteiger partial charge is 0.351 e. The first-order valence-corrected chi connectivity index (χ1v) is 8.15. The molecule has 0 aliphatic heterocycles. The normalized spacial score (nSPS) is 11.5. The topological polar surface area (TPSA) is 68.4 Å². The quantitative estimate of drug-likeness (QED) is 0.800. The second kappa shape index (κ2) is 6.11. The highest BCUT2D eigenvalue weighted by Gasteiger charge is 2.17. The van der Waals surface area contributed by atoms with E-state index in [0.29, 0.717) is 34.8 Å². The number of carbonyl (C=O) groups excluding carboxylic acids is 1. The number of hydrogen-bond donors (Lipinski definition) is 1. The summed E-state index contributed by atoms with van der Waals surface area (Å²) in [7, 11) is 1.76. The van der Waals surface area contributed by atoms with Crippen LogP contribution in [-0.4, -0.2) is 26.4 Å². The lowest BCUT2D eigenvalue weighted by molar-refractivity contribution is 0.0944. The second-order valence-electron chi connectivity index (χ2n) is 6.57. The van der Waals surface area contributed by atoms with E-state index in [1.165, 1.54) is 4.40 Å². The van der Waals surface area contributed by atoms with Gasteiger partial charge in [-0.15, -0.1) is 0 Å². The molecule has 3 heterocycles. The number of pyridine rings is 1. The second-order valence-corrected chi connectivity index (χ2v) is 6.57. The summed E-state index contributed by atoms with van der Waals surface area (Å²) in [5.41, 5.74) is 2.36. The number of amides is 1. The van der Waals surface area contributed by atoms with Crippen LogP contribution in [0.25, 0.3) is 16.7 Å². The molecular weight excluding hydrogens is 304 g/mol. The van der Waals surface area contributed by atoms with Crippen LogP contribution in [0.2, 0.25) is 0 Å². The van der Waals surface area contributed by atoms with Crippen LogP contribution >= 0.6 is 0 Å². The molecule has 1 amide bonds. The van der Waals surface area contributed by atoms with Crippen molar-refractivity contribution in [3.63, 3.8) is 0 Å². The summed E-state index contributed by atoms with van der Waals surface area (Å²) in [6, 6.07) is 5.36. The van der Waals surface area contributed by atoms with Crippen molar-refractivity contribution >= 4 is 22.6 Å². The van der Waals surface area contributed by atoms with Crippen molar-refractivity contribution < 1.29 is 4.79 Å². The third-order valence-corrected chi connectivity index (χ3v) is 4.26. The number of aromatic nitrogens is 3. The highest BCUT2D eigenvalue weighted by molar-refractivity contribution is 5.98. The predicted molar refractivity (Wildman–Crippen MR) is 94.5 cm³/mol. The van der Waals surface area contributed by atoms with Crippen molar-refractivity contribution in [2.24, 2.45) is 13.0 Å². The molecule has 0 atom stereocenters. The van der Waals surface area contributed by atoms with Gasteiger partial charge >= 0.3 is 0 Å². The first kappa shape index (κ1) is 16.2. The number of aryl methyl sites for hydroxylation is 2. The minimum Gasteiger partial charge on any atom is -0.351 e. The lowest BCUT2D eigenvalue weighted by Crippen LogP contribution is -2.27. The third kappa shape index (κ3) is 2.68. The molecule has 0 saturated heterocycles. The molecule has 24 heavy (non-hydrogen) atoms. The standard InChI is InChI=1S/C18H22N4O2/c1-11(2)7-8-19-17(23)14-10-13-16(21(14)4)20-15-12(3)6-5-9-22(15)18(13)24/h5-6,9-11H,7-8H2,1-4H3,(H,19,23). The number of carbonyl (C=O) groups is 1. The Labute approximate surface area is 140 Å². The summed E-state index contributed by atoms with van der Waals surface area (Å²) >= 11 is 0. The molecule has 0 aromatic carbocycles. The number of hydrogen-bond acceptors (Lipinski definition) is 3. The molecule has 126 valence electrons. The molecule has 6 heteroatoms. The van der Waals surface area contributed by atoms with E-state index in [1.807, 2.05) is 19.1 Å². The number of nitrogens with zero attached hydrogens (tertiary/aromatic N) is 3. The van der Waals surface area contributed by atoms with Gasteiger partial charge in [-0.25, -0.2) is 4.98 Å². The van der Waals surface area contributed by atoms with Gasteiger partial charge in [-0.1, -0.05) is 19.9 Å². The molecule has 0 fully saturated rings. The maximum absolute atomic E-state index is 12.7. The minimum absolute atomic E-state index is 0.157. The van der Waals surface area contributed by atoms with Crippen LogP contribution in [0.1, 0.15) is 36.3 Å². The van der Waals surface area contributed by atoms with Gasteiger partial charge in [-0.3, -0.25) is 14.0 Å². The van der Waals surface area contributed by atoms with Crippen LogP contribution in [0.15, 0.2) is 29.2 Å². The zero-order chi connectivity index (χ0) is 17.4. The van der Waals surface area contributed by atoms with Crippen molar-refractivity contribution in [2.75, 3.05) is 6.54 Å². The van der Waals surface area contributed by atoms with Gasteiger partial charge in [0.1, 0.15) is 17.0 Å². The van der Waals surface area contributed by atoms with Gasteiger partial charge in [-0.2, -0.15) is 0 Å². The SMILES string of the molecule is Cc1cccn2c(=O)c3cc(C(=O)NCCC(C)C)n(C)c3nc12. The van der Waals surface area contributed by atoms with E-state index in [-0.39, 0.29) is 11.5 Å². The monoisotopic (exact) mass is 326 g/mol. The van der Waals surface area contributed by atoms with Gasteiger partial charge in [0.2, 0.25) is 0 Å². The first-order valence-electron chi connectivity index (χ1n) is 8.15. The van der Waals surface area contributed by atoms with Gasteiger partial charge in [0.25, 0.3) is 11.5 Å². The molecule has 0 bridgehead atoms. The van der Waals surface area contributed by atoms with Gasteiger partial charge < -0.3 is 9.88 Å². The predicted octanol–water partition coefficient (Wildman–Crippen LogP) is 2.27. The van der Waals surface area contributed by atoms with Crippen molar-refractivity contribution in [2.45, 2.75) is 27.2 Å². The van der Waals surface area contributed by atoms with Crippen molar-refractivity contribution in [3.8, 4) is 0 Å². The maximum atomic E-state index is 12.7. The Morgan fingerprint density at radius 2 is 2.08 bits per heavy atom. The molecule has 0 aliphatic carbocycles. The van der Waals surface area contributed by atoms with Crippen LogP contribution in [0, 0.1) is 12.8 Å². The van der Waals surface area contributed by atoms with Crippen molar-refractivity contribution in [1.29, 1.82) is 0 Å². The van der Waals surface area contributed by atoms with E-state index in [2.05, 4.69) is 24.1 Å². The Morgan fingerprint density at radius 3 is 2.79 bits per heavy atom. The fourth-order valence-corrected chi connectivity index (χ4v) is 2.81. The Morgan fingerprint density at radius 1 is 1.33 bits per heavy atom. The van der Waals surface area contributed by atoms with E-state index >= 15 is 0 Å². The lowest BCUT2D eigenvalue weighted by atomic mass is 10.1. The van der Waals surface area contributed by atoms with Crippen molar-refractivity contribution in [3.05, 3.63) is 46.0 Å². The highest BCUT2D eigenvalue weighted by atomic mass is 16.2. The summed E-state index contributed by atoms with van der Waals surface area (Å²) in [5.74, 6) is 0.346. The van der Waals surface area contributed by atoms with Crippen LogP contribution in [-0.2, 0) is 7.05 Å². The first-order chi connectivity index (χ1) is 11.4. The molecule has 0 spiro atoms. The van der Waals surface area contributed by atoms with E-state index in [0.717, 1.165) is 12.0 Å². The zero-order valence-electron chi connectivity index (χ0n) is 14.5. The van der Waals surface area contributed by atoms with Crippen LogP contribution in [0.4, 0.5) is 0 Å². The van der Waals surface area contributed by atoms with E-state index in [9.17, 15) is 9.59 Å². The summed E-state index contributed by atoms with van der Waals surface area (Å²) in [4.78, 5) is 29.7. The number of rotatable bonds is 4. The Bertz CT molecular complexity index is 982. The smallest absolute Gasteiger partial charge is 0.267 e. The summed E-state index contributed by atoms with van der Waals surface area (Å²) in [5, 5.41) is 3.36. The molecule has 0 radical (unpaired) electrons. The van der Waals surface area contributed by atoms with Crippen LogP contribution < -0.4 is 10.9 Å². The van der Waals surface area contributed by atoms with E-state index in [1.54, 1.807) is 23.9 Å². The fraction of sp³-hybridized carbons (Fsp3) is 0.389. The van der Waals surface area contributed by atoms with Gasteiger partial charge in [0.15, 0.2) is 0 Å². The Hall–Kier alpha value is -2.63. The van der Waals surface area contributed by atoms with E-state index in [4.69, 9.17) is 0 Å². The molecule has 0 saturated carbocycles. The van der Waals surface area contributed by atoms with Gasteiger partial charge in [0.05, 0.1) is 5.39 Å². The average molecular weight is 326 g/mol. The molecular formula is C18H22N4O2. The highest BCUT2D eigenvalue weighted by Crippen LogP contribution is 2.16. The number of fused-ring (bicyclic) bond motifs is 2.